The van der Waals surface area contributed by atoms with E-state index in [9.17, 15) is 18.0 Å². The van der Waals surface area contributed by atoms with Crippen LogP contribution in [0.5, 0.6) is 0 Å². The summed E-state index contributed by atoms with van der Waals surface area (Å²) in [6.07, 6.45) is 1.60. The Morgan fingerprint density at radius 3 is 2.67 bits per heavy atom. The second-order valence-electron chi connectivity index (χ2n) is 10.7. The van der Waals surface area contributed by atoms with Crippen LogP contribution in [0.1, 0.15) is 21.6 Å². The Balaban J connectivity index is 1.16. The first-order valence-electron chi connectivity index (χ1n) is 13.9. The first kappa shape index (κ1) is 29.6. The third-order valence-corrected chi connectivity index (χ3v) is 9.21. The molecule has 0 radical (unpaired) electrons. The topological polar surface area (TPSA) is 70.7 Å². The molecule has 0 aliphatic carbocycles. The zero-order chi connectivity index (χ0) is 30.1. The van der Waals surface area contributed by atoms with Gasteiger partial charge in [-0.2, -0.15) is 18.3 Å². The van der Waals surface area contributed by atoms with Crippen molar-refractivity contribution in [3.8, 4) is 0 Å². The van der Waals surface area contributed by atoms with E-state index in [0.717, 1.165) is 51.0 Å². The van der Waals surface area contributed by atoms with Gasteiger partial charge in [0.1, 0.15) is 11.3 Å². The number of halogens is 4. The van der Waals surface area contributed by atoms with Crippen LogP contribution in [0, 0.1) is 0 Å². The van der Waals surface area contributed by atoms with Crippen molar-refractivity contribution in [2.24, 2.45) is 0 Å². The lowest BCUT2D eigenvalue weighted by atomic mass is 10.1. The van der Waals surface area contributed by atoms with Crippen molar-refractivity contribution in [3.63, 3.8) is 0 Å². The van der Waals surface area contributed by atoms with E-state index in [2.05, 4.69) is 32.2 Å². The van der Waals surface area contributed by atoms with Gasteiger partial charge in [0.15, 0.2) is 0 Å². The highest BCUT2D eigenvalue weighted by Gasteiger charge is 2.30. The molecule has 2 aromatic carbocycles. The number of amides is 1. The largest absolute Gasteiger partial charge is 0.416 e. The highest BCUT2D eigenvalue weighted by molar-refractivity contribution is 7.47. The zero-order valence-corrected chi connectivity index (χ0v) is 25.2. The van der Waals surface area contributed by atoms with Crippen LogP contribution in [0.25, 0.3) is 16.6 Å². The number of aromatic nitrogens is 4. The number of nitrogens with one attached hydrogen (secondary N) is 1. The summed E-state index contributed by atoms with van der Waals surface area (Å²) in [6, 6.07) is 12.5. The lowest BCUT2D eigenvalue weighted by Crippen LogP contribution is -2.45. The molecule has 1 saturated heterocycles. The summed E-state index contributed by atoms with van der Waals surface area (Å²) >= 11 is 6.50. The standard InChI is InChI=1S/C30H30ClF3N7OP/c1-38-9-11-39(12-10-38)13-14-43-22-7-8-40-26(18-35-27(40)16-22)29(42)37-28-23-17-36-41(25(23)6-5-24(28)31)19-20-3-2-4-21(15-20)30(32,33)34/h2-8,15-18,43H,9-14,19H2,1H3,(H,37,42). The Bertz CT molecular complexity index is 1780. The summed E-state index contributed by atoms with van der Waals surface area (Å²) in [5.74, 6) is -0.391. The number of likely N-dealkylation sites (N-methyl/N-ethyl adjacent to an activating group) is 1. The van der Waals surface area contributed by atoms with Gasteiger partial charge < -0.3 is 15.1 Å². The minimum Gasteiger partial charge on any atom is -0.319 e. The van der Waals surface area contributed by atoms with E-state index in [-0.39, 0.29) is 6.54 Å². The fraction of sp³-hybridized carbons (Fsp3) is 0.300. The Labute approximate surface area is 253 Å². The van der Waals surface area contributed by atoms with Crippen LogP contribution in [-0.2, 0) is 12.7 Å². The maximum Gasteiger partial charge on any atom is 0.416 e. The third kappa shape index (κ3) is 6.55. The number of rotatable bonds is 8. The number of benzene rings is 2. The minimum atomic E-state index is -4.43. The molecular weight excluding hydrogens is 598 g/mol. The number of pyridine rings is 1. The average molecular weight is 628 g/mol. The van der Waals surface area contributed by atoms with Crippen molar-refractivity contribution in [2.45, 2.75) is 12.7 Å². The van der Waals surface area contributed by atoms with E-state index < -0.39 is 17.6 Å². The average Bonchev–Trinajstić information content (AvgIpc) is 3.59. The molecule has 3 aromatic heterocycles. The third-order valence-electron chi connectivity index (χ3n) is 7.70. The SMILES string of the molecule is CN1CCN(CCPc2ccn3c(C(=O)Nc4c(Cl)ccc5c4cnn5Cc4cccc(C(F)(F)F)c4)cnc3c2)CC1. The van der Waals surface area contributed by atoms with Crippen molar-refractivity contribution in [3.05, 3.63) is 89.0 Å². The van der Waals surface area contributed by atoms with Crippen molar-refractivity contribution < 1.29 is 18.0 Å². The lowest BCUT2D eigenvalue weighted by molar-refractivity contribution is -0.137. The van der Waals surface area contributed by atoms with Gasteiger partial charge in [0, 0.05) is 44.3 Å². The summed E-state index contributed by atoms with van der Waals surface area (Å²) in [4.78, 5) is 22.7. The zero-order valence-electron chi connectivity index (χ0n) is 23.4. The molecule has 1 amide bonds. The minimum absolute atomic E-state index is 0.119. The highest BCUT2D eigenvalue weighted by Crippen LogP contribution is 2.33. The number of hydrogen-bond acceptors (Lipinski definition) is 5. The molecule has 6 rings (SSSR count). The molecule has 1 aliphatic rings. The number of carbonyl (C=O) groups is 1. The van der Waals surface area contributed by atoms with E-state index in [1.807, 2.05) is 18.3 Å². The molecule has 1 fully saturated rings. The van der Waals surface area contributed by atoms with Crippen LogP contribution in [0.15, 0.2) is 67.1 Å². The van der Waals surface area contributed by atoms with Gasteiger partial charge in [-0.1, -0.05) is 32.3 Å². The first-order valence-corrected chi connectivity index (χ1v) is 15.5. The lowest BCUT2D eigenvalue weighted by Gasteiger charge is -2.32. The van der Waals surface area contributed by atoms with Crippen LogP contribution >= 0.6 is 20.2 Å². The summed E-state index contributed by atoms with van der Waals surface area (Å²) < 4.78 is 42.9. The molecule has 1 unspecified atom stereocenters. The van der Waals surface area contributed by atoms with E-state index in [1.165, 1.54) is 17.6 Å². The van der Waals surface area contributed by atoms with Crippen molar-refractivity contribution in [2.75, 3.05) is 51.3 Å². The number of imidazole rings is 1. The number of hydrogen-bond donors (Lipinski definition) is 1. The summed E-state index contributed by atoms with van der Waals surface area (Å²) in [6.45, 7) is 5.61. The smallest absolute Gasteiger partial charge is 0.319 e. The normalized spacial score (nSPS) is 15.3. The van der Waals surface area contributed by atoms with Gasteiger partial charge in [0.25, 0.3) is 5.91 Å². The molecule has 5 aromatic rings. The van der Waals surface area contributed by atoms with E-state index in [0.29, 0.717) is 47.1 Å². The maximum atomic E-state index is 13.4. The van der Waals surface area contributed by atoms with Gasteiger partial charge in [0.05, 0.1) is 40.7 Å². The molecule has 1 aliphatic heterocycles. The second-order valence-corrected chi connectivity index (χ2v) is 12.5. The molecule has 224 valence electrons. The Morgan fingerprint density at radius 1 is 1.07 bits per heavy atom. The van der Waals surface area contributed by atoms with Gasteiger partial charge in [-0.3, -0.25) is 13.9 Å². The molecule has 8 nitrogen and oxygen atoms in total. The summed E-state index contributed by atoms with van der Waals surface area (Å²) in [5.41, 5.74) is 1.77. The fourth-order valence-electron chi connectivity index (χ4n) is 5.27. The Kier molecular flexibility index (Phi) is 8.42. The molecule has 0 spiro atoms. The number of alkyl halides is 3. The fourth-order valence-corrected chi connectivity index (χ4v) is 6.62. The van der Waals surface area contributed by atoms with Gasteiger partial charge in [-0.25, -0.2) is 4.98 Å². The predicted molar refractivity (Wildman–Crippen MR) is 165 cm³/mol. The number of carbonyl (C=O) groups excluding carboxylic acids is 1. The van der Waals surface area contributed by atoms with Crippen molar-refractivity contribution in [1.29, 1.82) is 0 Å². The quantitative estimate of drug-likeness (QED) is 0.239. The van der Waals surface area contributed by atoms with E-state index >= 15 is 0 Å². The first-order chi connectivity index (χ1) is 20.7. The molecule has 4 heterocycles. The van der Waals surface area contributed by atoms with Gasteiger partial charge in [0.2, 0.25) is 0 Å². The van der Waals surface area contributed by atoms with E-state index in [1.54, 1.807) is 33.5 Å². The Hall–Kier alpha value is -3.50. The summed E-state index contributed by atoms with van der Waals surface area (Å²) in [7, 11) is 2.81. The predicted octanol–water partition coefficient (Wildman–Crippen LogP) is 5.21. The van der Waals surface area contributed by atoms with Crippen LogP contribution in [-0.4, -0.2) is 80.8 Å². The number of nitrogens with zero attached hydrogens (tertiary/aromatic N) is 6. The molecule has 43 heavy (non-hydrogen) atoms. The van der Waals surface area contributed by atoms with E-state index in [4.69, 9.17) is 11.6 Å². The van der Waals surface area contributed by atoms with Gasteiger partial charge in [-0.15, -0.1) is 0 Å². The second kappa shape index (κ2) is 12.2. The van der Waals surface area contributed by atoms with Gasteiger partial charge >= 0.3 is 6.18 Å². The molecule has 0 saturated carbocycles. The number of piperazine rings is 1. The maximum absolute atomic E-state index is 13.4. The molecular formula is C30H30ClF3N7OP. The van der Waals surface area contributed by atoms with Gasteiger partial charge in [-0.05, 0) is 60.5 Å². The summed E-state index contributed by atoms with van der Waals surface area (Å²) in [5, 5.41) is 9.36. The van der Waals surface area contributed by atoms with Crippen molar-refractivity contribution in [1.82, 2.24) is 29.0 Å². The number of fused-ring (bicyclic) bond motifs is 2. The van der Waals surface area contributed by atoms with Crippen LogP contribution < -0.4 is 10.6 Å². The van der Waals surface area contributed by atoms with Crippen molar-refractivity contribution >= 4 is 53.6 Å². The molecule has 1 atom stereocenters. The number of anilines is 1. The van der Waals surface area contributed by atoms with Crippen LogP contribution in [0.4, 0.5) is 18.9 Å². The monoisotopic (exact) mass is 627 g/mol. The Morgan fingerprint density at radius 2 is 1.88 bits per heavy atom. The molecule has 0 bridgehead atoms. The highest BCUT2D eigenvalue weighted by atomic mass is 35.5. The molecule has 13 heteroatoms. The van der Waals surface area contributed by atoms with Crippen LogP contribution in [0.3, 0.4) is 0 Å². The van der Waals surface area contributed by atoms with Crippen LogP contribution in [0.2, 0.25) is 5.02 Å². The molecule has 1 N–H and O–H groups in total.